The van der Waals surface area contributed by atoms with Crippen LogP contribution in [0.4, 0.5) is 10.9 Å². The molecule has 28 heavy (non-hydrogen) atoms. The van der Waals surface area contributed by atoms with Gasteiger partial charge in [0, 0.05) is 23.1 Å². The van der Waals surface area contributed by atoms with Crippen molar-refractivity contribution < 1.29 is 9.72 Å². The fourth-order valence-electron chi connectivity index (χ4n) is 2.60. The van der Waals surface area contributed by atoms with Crippen LogP contribution in [0.25, 0.3) is 17.3 Å². The van der Waals surface area contributed by atoms with E-state index < -0.39 is 4.92 Å². The molecule has 1 fully saturated rings. The van der Waals surface area contributed by atoms with E-state index in [-0.39, 0.29) is 11.7 Å². The van der Waals surface area contributed by atoms with Crippen LogP contribution < -0.4 is 5.32 Å². The number of aromatic nitrogens is 2. The van der Waals surface area contributed by atoms with Gasteiger partial charge in [0.15, 0.2) is 5.17 Å². The number of thiazole rings is 1. The molecule has 0 atom stereocenters. The van der Waals surface area contributed by atoms with E-state index in [1.807, 2.05) is 35.7 Å². The highest BCUT2D eigenvalue weighted by Gasteiger charge is 2.26. The van der Waals surface area contributed by atoms with Crippen LogP contribution in [0.1, 0.15) is 5.69 Å². The number of amides is 1. The Morgan fingerprint density at radius 1 is 1.25 bits per heavy atom. The van der Waals surface area contributed by atoms with Crippen LogP contribution in [0.15, 0.2) is 57.7 Å². The van der Waals surface area contributed by atoms with Gasteiger partial charge in [0.2, 0.25) is 5.13 Å². The topological polar surface area (TPSA) is 102 Å². The van der Waals surface area contributed by atoms with Gasteiger partial charge in [0.25, 0.3) is 5.91 Å². The molecule has 1 amide bonds. The SMILES string of the molecule is Cn1c(/C=C2\SC(=Nc3nc(-c4ccccc4)cs3)NC2=O)ccc1[N+](=O)[O-]. The molecule has 0 radical (unpaired) electrons. The summed E-state index contributed by atoms with van der Waals surface area (Å²) in [5, 5.41) is 16.5. The monoisotopic (exact) mass is 411 g/mol. The highest BCUT2D eigenvalue weighted by atomic mass is 32.2. The summed E-state index contributed by atoms with van der Waals surface area (Å²) in [5.41, 5.74) is 2.39. The zero-order chi connectivity index (χ0) is 19.7. The molecule has 8 nitrogen and oxygen atoms in total. The molecule has 2 aromatic heterocycles. The van der Waals surface area contributed by atoms with Crippen LogP contribution in [0, 0.1) is 10.1 Å². The zero-order valence-corrected chi connectivity index (χ0v) is 16.2. The summed E-state index contributed by atoms with van der Waals surface area (Å²) < 4.78 is 1.42. The Labute approximate surface area is 167 Å². The summed E-state index contributed by atoms with van der Waals surface area (Å²) in [7, 11) is 1.58. The summed E-state index contributed by atoms with van der Waals surface area (Å²) in [5.74, 6) is -0.340. The molecule has 0 aliphatic carbocycles. The number of amidine groups is 1. The molecule has 0 unspecified atom stereocenters. The number of benzene rings is 1. The molecule has 3 aromatic rings. The second-order valence-corrected chi connectivity index (χ2v) is 7.66. The van der Waals surface area contributed by atoms with Crippen molar-refractivity contribution in [3.05, 3.63) is 68.6 Å². The van der Waals surface area contributed by atoms with Gasteiger partial charge in [-0.3, -0.25) is 4.79 Å². The predicted molar refractivity (Wildman–Crippen MR) is 110 cm³/mol. The van der Waals surface area contributed by atoms with E-state index in [0.717, 1.165) is 11.3 Å². The van der Waals surface area contributed by atoms with Crippen molar-refractivity contribution in [2.24, 2.45) is 12.0 Å². The smallest absolute Gasteiger partial charge is 0.323 e. The molecular formula is C18H13N5O3S2. The fourth-order valence-corrected chi connectivity index (χ4v) is 4.17. The standard InChI is InChI=1S/C18H13N5O3S2/c1-22-12(7-8-15(22)23(25)26)9-14-16(24)20-18(28-14)21-17-19-13(10-27-17)11-5-3-2-4-6-11/h2-10H,1H3,(H,19,20,21,24)/b14-9-. The number of nitrogens with zero attached hydrogens (tertiary/aromatic N) is 4. The molecule has 1 aliphatic rings. The van der Waals surface area contributed by atoms with Crippen molar-refractivity contribution in [1.82, 2.24) is 14.9 Å². The Bertz CT molecular complexity index is 1130. The number of carbonyl (C=O) groups excluding carboxylic acids is 1. The van der Waals surface area contributed by atoms with Crippen molar-refractivity contribution in [2.75, 3.05) is 0 Å². The summed E-state index contributed by atoms with van der Waals surface area (Å²) in [6.45, 7) is 0. The Morgan fingerprint density at radius 2 is 2.04 bits per heavy atom. The maximum absolute atomic E-state index is 12.2. The van der Waals surface area contributed by atoms with Crippen molar-refractivity contribution in [3.8, 4) is 11.3 Å². The van der Waals surface area contributed by atoms with Gasteiger partial charge in [0.1, 0.15) is 5.69 Å². The van der Waals surface area contributed by atoms with Crippen LogP contribution in [-0.2, 0) is 11.8 Å². The van der Waals surface area contributed by atoms with Crippen molar-refractivity contribution in [1.29, 1.82) is 0 Å². The van der Waals surface area contributed by atoms with Gasteiger partial charge >= 0.3 is 5.82 Å². The normalized spacial score (nSPS) is 16.7. The number of thioether (sulfide) groups is 1. The highest BCUT2D eigenvalue weighted by Crippen LogP contribution is 2.31. The van der Waals surface area contributed by atoms with Crippen LogP contribution >= 0.6 is 23.1 Å². The molecule has 0 bridgehead atoms. The maximum Gasteiger partial charge on any atom is 0.323 e. The molecule has 10 heteroatoms. The lowest BCUT2D eigenvalue weighted by Gasteiger charge is -1.96. The first-order valence-electron chi connectivity index (χ1n) is 8.12. The van der Waals surface area contributed by atoms with Crippen molar-refractivity contribution >= 4 is 51.2 Å². The van der Waals surface area contributed by atoms with Crippen LogP contribution in [0.3, 0.4) is 0 Å². The number of hydrogen-bond acceptors (Lipinski definition) is 7. The molecule has 1 saturated heterocycles. The largest absolute Gasteiger partial charge is 0.358 e. The van der Waals surface area contributed by atoms with Gasteiger partial charge in [-0.1, -0.05) is 30.3 Å². The Kier molecular flexibility index (Phi) is 4.80. The van der Waals surface area contributed by atoms with E-state index in [1.54, 1.807) is 19.2 Å². The number of rotatable bonds is 4. The number of nitrogens with one attached hydrogen (secondary N) is 1. The third-order valence-corrected chi connectivity index (χ3v) is 5.65. The lowest BCUT2D eigenvalue weighted by molar-refractivity contribution is -0.391. The number of aliphatic imine (C=N–C) groups is 1. The van der Waals surface area contributed by atoms with Crippen molar-refractivity contribution in [2.45, 2.75) is 0 Å². The third-order valence-electron chi connectivity index (χ3n) is 4.01. The first-order chi connectivity index (χ1) is 13.5. The van der Waals surface area contributed by atoms with Gasteiger partial charge in [-0.25, -0.2) is 9.55 Å². The number of hydrogen-bond donors (Lipinski definition) is 1. The quantitative estimate of drug-likeness (QED) is 0.398. The minimum absolute atomic E-state index is 0.0413. The van der Waals surface area contributed by atoms with Crippen LogP contribution in [0.2, 0.25) is 0 Å². The highest BCUT2D eigenvalue weighted by molar-refractivity contribution is 8.18. The summed E-state index contributed by atoms with van der Waals surface area (Å²) in [6.07, 6.45) is 1.60. The minimum Gasteiger partial charge on any atom is -0.358 e. The number of nitro groups is 1. The summed E-state index contributed by atoms with van der Waals surface area (Å²) >= 11 is 2.56. The molecule has 4 rings (SSSR count). The molecule has 0 spiro atoms. The minimum atomic E-state index is -0.469. The molecule has 1 aromatic carbocycles. The predicted octanol–water partition coefficient (Wildman–Crippen LogP) is 3.95. The van der Waals surface area contributed by atoms with E-state index in [0.29, 0.717) is 20.9 Å². The average Bonchev–Trinajstić information content (AvgIpc) is 3.37. The van der Waals surface area contributed by atoms with E-state index in [9.17, 15) is 14.9 Å². The Hall–Kier alpha value is -3.24. The lowest BCUT2D eigenvalue weighted by Crippen LogP contribution is -2.19. The first kappa shape index (κ1) is 18.1. The maximum atomic E-state index is 12.2. The first-order valence-corrected chi connectivity index (χ1v) is 9.81. The molecular weight excluding hydrogens is 398 g/mol. The second-order valence-electron chi connectivity index (χ2n) is 5.80. The van der Waals surface area contributed by atoms with Gasteiger partial charge in [-0.05, 0) is 22.8 Å². The average molecular weight is 411 g/mol. The van der Waals surface area contributed by atoms with Gasteiger partial charge in [0.05, 0.1) is 17.6 Å². The van der Waals surface area contributed by atoms with Crippen LogP contribution in [-0.4, -0.2) is 25.5 Å². The number of carbonyl (C=O) groups is 1. The van der Waals surface area contributed by atoms with Gasteiger partial charge < -0.3 is 15.4 Å². The molecule has 1 N–H and O–H groups in total. The van der Waals surface area contributed by atoms with E-state index in [1.165, 1.54) is 33.7 Å². The van der Waals surface area contributed by atoms with Gasteiger partial charge in [-0.15, -0.1) is 11.3 Å². The summed E-state index contributed by atoms with van der Waals surface area (Å²) in [6, 6.07) is 12.8. The lowest BCUT2D eigenvalue weighted by atomic mass is 10.2. The Balaban J connectivity index is 1.55. The summed E-state index contributed by atoms with van der Waals surface area (Å²) in [4.78, 5) is 32.0. The Morgan fingerprint density at radius 3 is 2.75 bits per heavy atom. The van der Waals surface area contributed by atoms with E-state index in [4.69, 9.17) is 0 Å². The van der Waals surface area contributed by atoms with E-state index in [2.05, 4.69) is 15.3 Å². The molecule has 140 valence electrons. The third kappa shape index (κ3) is 3.59. The molecule has 1 aliphatic heterocycles. The molecule has 0 saturated carbocycles. The fraction of sp³-hybridized carbons (Fsp3) is 0.0556. The van der Waals surface area contributed by atoms with Gasteiger partial charge in [-0.2, -0.15) is 4.99 Å². The van der Waals surface area contributed by atoms with E-state index >= 15 is 0 Å². The van der Waals surface area contributed by atoms with Crippen LogP contribution in [0.5, 0.6) is 0 Å². The van der Waals surface area contributed by atoms with Crippen molar-refractivity contribution in [3.63, 3.8) is 0 Å². The second kappa shape index (κ2) is 7.41. The molecule has 3 heterocycles. The zero-order valence-electron chi connectivity index (χ0n) is 14.5.